The van der Waals surface area contributed by atoms with E-state index >= 15 is 0 Å². The largest absolute Gasteiger partial charge is 0.508 e. The van der Waals surface area contributed by atoms with Crippen LogP contribution in [0.3, 0.4) is 0 Å². The number of nitrogens with one attached hydrogen (secondary N) is 2. The summed E-state index contributed by atoms with van der Waals surface area (Å²) >= 11 is 1.46. The fourth-order valence-electron chi connectivity index (χ4n) is 4.50. The van der Waals surface area contributed by atoms with E-state index in [4.69, 9.17) is 15.9 Å². The highest BCUT2D eigenvalue weighted by molar-refractivity contribution is 7.16. The van der Waals surface area contributed by atoms with Crippen LogP contribution in [0.2, 0.25) is 0 Å². The molecule has 2 heterocycles. The van der Waals surface area contributed by atoms with Gasteiger partial charge in [0, 0.05) is 37.0 Å². The Kier molecular flexibility index (Phi) is 7.76. The van der Waals surface area contributed by atoms with Crippen LogP contribution >= 0.6 is 11.3 Å². The number of ether oxygens (including phenoxy) is 2. The highest BCUT2D eigenvalue weighted by atomic mass is 32.1. The number of hydrogen-bond donors (Lipinski definition) is 3. The Morgan fingerprint density at radius 2 is 2.12 bits per heavy atom. The minimum atomic E-state index is -0.386. The Labute approximate surface area is 203 Å². The van der Waals surface area contributed by atoms with Crippen molar-refractivity contribution in [3.05, 3.63) is 45.8 Å². The van der Waals surface area contributed by atoms with Gasteiger partial charge in [0.05, 0.1) is 5.56 Å². The molecule has 7 nitrogen and oxygen atoms in total. The molecule has 0 radical (unpaired) electrons. The first kappa shape index (κ1) is 24.1. The summed E-state index contributed by atoms with van der Waals surface area (Å²) in [5.74, 6) is 2.74. The lowest BCUT2D eigenvalue weighted by Gasteiger charge is -2.26. The van der Waals surface area contributed by atoms with Gasteiger partial charge in [-0.3, -0.25) is 4.79 Å². The average Bonchev–Trinajstić information content (AvgIpc) is 3.15. The number of amides is 2. The predicted molar refractivity (Wildman–Crippen MR) is 131 cm³/mol. The van der Waals surface area contributed by atoms with Gasteiger partial charge in [0.25, 0.3) is 0 Å². The molecule has 1 aliphatic heterocycles. The second kappa shape index (κ2) is 10.9. The van der Waals surface area contributed by atoms with Gasteiger partial charge in [-0.15, -0.1) is 17.8 Å². The van der Waals surface area contributed by atoms with E-state index in [0.717, 1.165) is 34.4 Å². The quantitative estimate of drug-likeness (QED) is 0.533. The number of anilines is 1. The van der Waals surface area contributed by atoms with E-state index in [1.54, 1.807) is 18.2 Å². The third-order valence-corrected chi connectivity index (χ3v) is 7.53. The molecule has 0 spiro atoms. The van der Waals surface area contributed by atoms with E-state index in [-0.39, 0.29) is 42.2 Å². The minimum Gasteiger partial charge on any atom is -0.508 e. The van der Waals surface area contributed by atoms with Crippen molar-refractivity contribution in [1.82, 2.24) is 5.32 Å². The van der Waals surface area contributed by atoms with Crippen LogP contribution in [0, 0.1) is 12.3 Å². The molecule has 180 valence electrons. The van der Waals surface area contributed by atoms with Crippen LogP contribution in [0.5, 0.6) is 5.75 Å². The van der Waals surface area contributed by atoms with E-state index in [1.807, 2.05) is 13.0 Å². The Hall–Kier alpha value is -3.02. The number of alkyl carbamates (subject to hydrolysis) is 1. The maximum atomic E-state index is 12.7. The maximum absolute atomic E-state index is 12.7. The zero-order valence-corrected chi connectivity index (χ0v) is 20.1. The molecule has 2 aromatic rings. The van der Waals surface area contributed by atoms with Crippen molar-refractivity contribution in [3.63, 3.8) is 0 Å². The molecule has 3 N–H and O–H groups in total. The predicted octanol–water partition coefficient (Wildman–Crippen LogP) is 4.33. The molecule has 1 aliphatic carbocycles. The Balaban J connectivity index is 1.36. The van der Waals surface area contributed by atoms with Gasteiger partial charge in [0.2, 0.25) is 5.91 Å². The highest BCUT2D eigenvalue weighted by Gasteiger charge is 2.29. The van der Waals surface area contributed by atoms with Crippen molar-refractivity contribution in [2.45, 2.75) is 63.5 Å². The Bertz CT molecular complexity index is 1080. The lowest BCUT2D eigenvalue weighted by atomic mass is 9.93. The van der Waals surface area contributed by atoms with Crippen molar-refractivity contribution in [3.8, 4) is 18.1 Å². The number of aromatic hydroxyl groups is 1. The minimum absolute atomic E-state index is 0.0528. The SMILES string of the molecule is C#Cc1c(NC(=O)CC(C)c2cccc(O)c2)sc2c1CCC(OC(=O)NC1CCOCC1)C2. The average molecular weight is 483 g/mol. The van der Waals surface area contributed by atoms with Crippen LogP contribution in [-0.4, -0.2) is 42.5 Å². The van der Waals surface area contributed by atoms with E-state index in [0.29, 0.717) is 37.5 Å². The molecule has 2 aliphatic rings. The summed E-state index contributed by atoms with van der Waals surface area (Å²) in [6, 6.07) is 7.04. The molecule has 0 saturated carbocycles. The van der Waals surface area contributed by atoms with Crippen LogP contribution < -0.4 is 10.6 Å². The lowest BCUT2D eigenvalue weighted by Crippen LogP contribution is -2.41. The van der Waals surface area contributed by atoms with Gasteiger partial charge in [0.1, 0.15) is 16.9 Å². The summed E-state index contributed by atoms with van der Waals surface area (Å²) in [5, 5.41) is 16.3. The van der Waals surface area contributed by atoms with Crippen LogP contribution in [0.25, 0.3) is 0 Å². The number of carbonyl (C=O) groups excluding carboxylic acids is 2. The van der Waals surface area contributed by atoms with Crippen LogP contribution in [-0.2, 0) is 27.1 Å². The molecule has 2 unspecified atom stereocenters. The van der Waals surface area contributed by atoms with Crippen molar-refractivity contribution < 1.29 is 24.2 Å². The van der Waals surface area contributed by atoms with E-state index in [1.165, 1.54) is 11.3 Å². The van der Waals surface area contributed by atoms with Crippen LogP contribution in [0.1, 0.15) is 60.1 Å². The first-order valence-electron chi connectivity index (χ1n) is 11.7. The lowest BCUT2D eigenvalue weighted by molar-refractivity contribution is -0.116. The zero-order valence-electron chi connectivity index (χ0n) is 19.3. The van der Waals surface area contributed by atoms with Gasteiger partial charge in [-0.25, -0.2) is 4.79 Å². The monoisotopic (exact) mass is 482 g/mol. The molecule has 8 heteroatoms. The normalized spacial score (nSPS) is 18.9. The number of benzene rings is 1. The second-order valence-electron chi connectivity index (χ2n) is 8.90. The van der Waals surface area contributed by atoms with Gasteiger partial charge in [0.15, 0.2) is 0 Å². The third-order valence-electron chi connectivity index (χ3n) is 6.37. The third kappa shape index (κ3) is 5.91. The Morgan fingerprint density at radius 3 is 2.85 bits per heavy atom. The molecule has 1 saturated heterocycles. The van der Waals surface area contributed by atoms with Gasteiger partial charge < -0.3 is 25.2 Å². The summed E-state index contributed by atoms with van der Waals surface area (Å²) in [5.41, 5.74) is 2.69. The number of rotatable bonds is 6. The van der Waals surface area contributed by atoms with Crippen molar-refractivity contribution in [2.75, 3.05) is 18.5 Å². The first-order valence-corrected chi connectivity index (χ1v) is 12.5. The maximum Gasteiger partial charge on any atom is 0.407 e. The molecule has 34 heavy (non-hydrogen) atoms. The number of terminal acetylenes is 1. The van der Waals surface area contributed by atoms with E-state index in [2.05, 4.69) is 16.6 Å². The number of carbonyl (C=O) groups is 2. The van der Waals surface area contributed by atoms with Gasteiger partial charge in [-0.1, -0.05) is 25.0 Å². The number of phenolic OH excluding ortho intramolecular Hbond substituents is 1. The smallest absolute Gasteiger partial charge is 0.407 e. The molecule has 1 aromatic carbocycles. The Morgan fingerprint density at radius 1 is 1.32 bits per heavy atom. The summed E-state index contributed by atoms with van der Waals surface area (Å²) in [6.07, 6.45) is 9.05. The van der Waals surface area contributed by atoms with Crippen molar-refractivity contribution >= 4 is 28.3 Å². The van der Waals surface area contributed by atoms with Gasteiger partial charge >= 0.3 is 6.09 Å². The topological polar surface area (TPSA) is 96.9 Å². The van der Waals surface area contributed by atoms with E-state index < -0.39 is 0 Å². The number of hydrogen-bond acceptors (Lipinski definition) is 6. The molecular weight excluding hydrogens is 452 g/mol. The summed E-state index contributed by atoms with van der Waals surface area (Å²) in [6.45, 7) is 3.26. The molecule has 2 atom stereocenters. The van der Waals surface area contributed by atoms with Crippen LogP contribution in [0.15, 0.2) is 24.3 Å². The van der Waals surface area contributed by atoms with Gasteiger partial charge in [-0.2, -0.15) is 0 Å². The molecule has 4 rings (SSSR count). The van der Waals surface area contributed by atoms with Crippen LogP contribution in [0.4, 0.5) is 9.80 Å². The summed E-state index contributed by atoms with van der Waals surface area (Å²) < 4.78 is 11.0. The van der Waals surface area contributed by atoms with Crippen molar-refractivity contribution in [2.24, 2.45) is 0 Å². The summed E-state index contributed by atoms with van der Waals surface area (Å²) in [4.78, 5) is 26.1. The number of thiophene rings is 1. The second-order valence-corrected chi connectivity index (χ2v) is 10.0. The molecule has 0 bridgehead atoms. The summed E-state index contributed by atoms with van der Waals surface area (Å²) in [7, 11) is 0. The van der Waals surface area contributed by atoms with Crippen molar-refractivity contribution in [1.29, 1.82) is 0 Å². The highest BCUT2D eigenvalue weighted by Crippen LogP contribution is 2.38. The standard InChI is InChI=1S/C26H30N2O5S/c1-3-21-22-8-7-20(33-26(31)27-18-9-11-32-12-10-18)15-23(22)34-25(21)28-24(30)13-16(2)17-5-4-6-19(29)14-17/h1,4-6,14,16,18,20,29H,7-13,15H2,2H3,(H,27,31)(H,28,30). The van der Waals surface area contributed by atoms with E-state index in [9.17, 15) is 14.7 Å². The zero-order chi connectivity index (χ0) is 24.1. The molecular formula is C26H30N2O5S. The first-order chi connectivity index (χ1) is 16.4. The van der Waals surface area contributed by atoms with Gasteiger partial charge in [-0.05, 0) is 54.9 Å². The molecule has 1 aromatic heterocycles. The fraction of sp³-hybridized carbons (Fsp3) is 0.462. The fourth-order valence-corrected chi connectivity index (χ4v) is 5.79. The number of fused-ring (bicyclic) bond motifs is 1. The number of phenols is 1. The molecule has 2 amide bonds. The molecule has 1 fully saturated rings.